The van der Waals surface area contributed by atoms with Crippen LogP contribution in [-0.2, 0) is 29.2 Å². The number of ether oxygens (including phenoxy) is 1. The van der Waals surface area contributed by atoms with Crippen LogP contribution < -0.4 is 10.1 Å². The van der Waals surface area contributed by atoms with Gasteiger partial charge in [0.25, 0.3) is 5.91 Å². The average molecular weight is 382 g/mol. The van der Waals surface area contributed by atoms with E-state index in [4.69, 9.17) is 4.74 Å². The largest absolute Gasteiger partial charge is 0.484 e. The minimum atomic E-state index is -0.186. The predicted octanol–water partition coefficient (Wildman–Crippen LogP) is 2.11. The number of aromatic nitrogens is 2. The number of amides is 2. The fourth-order valence-electron chi connectivity index (χ4n) is 3.62. The zero-order valence-corrected chi connectivity index (χ0v) is 16.0. The molecule has 148 valence electrons. The third-order valence-electron chi connectivity index (χ3n) is 5.41. The van der Waals surface area contributed by atoms with Gasteiger partial charge in [-0.1, -0.05) is 24.6 Å². The number of para-hydroxylation sites is 1. The monoisotopic (exact) mass is 382 g/mol. The third kappa shape index (κ3) is 4.35. The molecule has 0 atom stereocenters. The van der Waals surface area contributed by atoms with E-state index in [1.807, 2.05) is 46.0 Å². The number of nitrogens with one attached hydrogen (secondary N) is 1. The highest BCUT2D eigenvalue weighted by molar-refractivity contribution is 5.79. The number of hydrogen-bond acceptors (Lipinski definition) is 4. The van der Waals surface area contributed by atoms with Crippen LogP contribution in [0.15, 0.2) is 36.4 Å². The molecule has 4 rings (SSSR count). The summed E-state index contributed by atoms with van der Waals surface area (Å²) in [6.45, 7) is 2.53. The standard InChI is InChI=1S/C21H26N4O3/c26-20(15-28-19-8-2-1-3-9-19)22-13-17-12-18-14-24(10-5-11-25(18)23-17)21(27)16-6-4-7-16/h1-3,8-9,12,16H,4-7,10-11,13-15H2,(H,22,26). The molecular weight excluding hydrogens is 356 g/mol. The van der Waals surface area contributed by atoms with E-state index in [9.17, 15) is 9.59 Å². The lowest BCUT2D eigenvalue weighted by molar-refractivity contribution is -0.138. The highest BCUT2D eigenvalue weighted by atomic mass is 16.5. The van der Waals surface area contributed by atoms with Gasteiger partial charge in [0.2, 0.25) is 5.91 Å². The molecule has 2 aromatic rings. The molecule has 28 heavy (non-hydrogen) atoms. The van der Waals surface area contributed by atoms with Crippen LogP contribution in [0.1, 0.15) is 37.1 Å². The highest BCUT2D eigenvalue weighted by Crippen LogP contribution is 2.29. The molecule has 0 spiro atoms. The number of nitrogens with zero attached hydrogens (tertiary/aromatic N) is 3. The maximum Gasteiger partial charge on any atom is 0.258 e. The Bertz CT molecular complexity index is 829. The first-order chi connectivity index (χ1) is 13.7. The number of fused-ring (bicyclic) bond motifs is 1. The van der Waals surface area contributed by atoms with Gasteiger partial charge in [0.1, 0.15) is 5.75 Å². The van der Waals surface area contributed by atoms with Gasteiger partial charge < -0.3 is 15.0 Å². The first-order valence-corrected chi connectivity index (χ1v) is 9.98. The van der Waals surface area contributed by atoms with Crippen LogP contribution in [0.2, 0.25) is 0 Å². The molecule has 2 heterocycles. The molecule has 1 saturated carbocycles. The Balaban J connectivity index is 1.29. The maximum absolute atomic E-state index is 12.6. The summed E-state index contributed by atoms with van der Waals surface area (Å²) in [6, 6.07) is 11.3. The second-order valence-electron chi connectivity index (χ2n) is 7.47. The SMILES string of the molecule is O=C(COc1ccccc1)NCc1cc2n(n1)CCCN(C(=O)C1CCC1)C2. The summed E-state index contributed by atoms with van der Waals surface area (Å²) in [6.07, 6.45) is 4.12. The Kier molecular flexibility index (Phi) is 5.60. The number of benzene rings is 1. The van der Waals surface area contributed by atoms with E-state index in [1.54, 1.807) is 0 Å². The molecule has 2 aliphatic rings. The van der Waals surface area contributed by atoms with Crippen molar-refractivity contribution >= 4 is 11.8 Å². The van der Waals surface area contributed by atoms with Gasteiger partial charge in [-0.05, 0) is 37.5 Å². The summed E-state index contributed by atoms with van der Waals surface area (Å²) in [4.78, 5) is 26.6. The van der Waals surface area contributed by atoms with Gasteiger partial charge in [0.05, 0.1) is 24.5 Å². The number of carbonyl (C=O) groups is 2. The summed E-state index contributed by atoms with van der Waals surface area (Å²) in [5.74, 6) is 0.989. The minimum absolute atomic E-state index is 0.0265. The van der Waals surface area contributed by atoms with Crippen molar-refractivity contribution in [1.29, 1.82) is 0 Å². The van der Waals surface area contributed by atoms with E-state index >= 15 is 0 Å². The normalized spacial score (nSPS) is 16.6. The third-order valence-corrected chi connectivity index (χ3v) is 5.41. The Morgan fingerprint density at radius 2 is 1.96 bits per heavy atom. The van der Waals surface area contributed by atoms with E-state index in [2.05, 4.69) is 10.4 Å². The van der Waals surface area contributed by atoms with Crippen molar-refractivity contribution in [3.63, 3.8) is 0 Å². The number of rotatable bonds is 6. The summed E-state index contributed by atoms with van der Waals surface area (Å²) in [5.41, 5.74) is 1.84. The second-order valence-corrected chi connectivity index (χ2v) is 7.47. The van der Waals surface area contributed by atoms with Crippen LogP contribution in [0.4, 0.5) is 0 Å². The summed E-state index contributed by atoms with van der Waals surface area (Å²) in [5, 5.41) is 7.44. The number of aryl methyl sites for hydroxylation is 1. The fraction of sp³-hybridized carbons (Fsp3) is 0.476. The lowest BCUT2D eigenvalue weighted by Gasteiger charge is -2.30. The van der Waals surface area contributed by atoms with E-state index in [0.717, 1.165) is 43.7 Å². The lowest BCUT2D eigenvalue weighted by Crippen LogP contribution is -2.38. The van der Waals surface area contributed by atoms with Gasteiger partial charge in [-0.15, -0.1) is 0 Å². The molecule has 1 aliphatic heterocycles. The van der Waals surface area contributed by atoms with Crippen LogP contribution in [0.5, 0.6) is 5.75 Å². The zero-order valence-electron chi connectivity index (χ0n) is 16.0. The Morgan fingerprint density at radius 3 is 2.71 bits per heavy atom. The molecule has 1 aromatic carbocycles. The van der Waals surface area contributed by atoms with E-state index in [-0.39, 0.29) is 24.3 Å². The zero-order chi connectivity index (χ0) is 19.3. The summed E-state index contributed by atoms with van der Waals surface area (Å²) >= 11 is 0. The number of hydrogen-bond donors (Lipinski definition) is 1. The molecule has 7 nitrogen and oxygen atoms in total. The molecule has 7 heteroatoms. The summed E-state index contributed by atoms with van der Waals surface area (Å²) in [7, 11) is 0. The van der Waals surface area contributed by atoms with Crippen molar-refractivity contribution in [3.05, 3.63) is 47.8 Å². The molecule has 0 unspecified atom stereocenters. The van der Waals surface area contributed by atoms with Crippen LogP contribution in [-0.4, -0.2) is 39.6 Å². The quantitative estimate of drug-likeness (QED) is 0.830. The molecular formula is C21H26N4O3. The van der Waals surface area contributed by atoms with Crippen LogP contribution in [0.25, 0.3) is 0 Å². The van der Waals surface area contributed by atoms with Crippen molar-refractivity contribution in [2.45, 2.75) is 45.3 Å². The first kappa shape index (κ1) is 18.5. The highest BCUT2D eigenvalue weighted by Gasteiger charge is 2.30. The van der Waals surface area contributed by atoms with Crippen molar-refractivity contribution in [3.8, 4) is 5.75 Å². The Labute approximate surface area is 164 Å². The molecule has 0 bridgehead atoms. The van der Waals surface area contributed by atoms with Gasteiger partial charge in [0, 0.05) is 19.0 Å². The van der Waals surface area contributed by atoms with Gasteiger partial charge in [-0.2, -0.15) is 5.10 Å². The van der Waals surface area contributed by atoms with E-state index < -0.39 is 0 Å². The molecule has 1 N–H and O–H groups in total. The fourth-order valence-corrected chi connectivity index (χ4v) is 3.62. The second kappa shape index (κ2) is 8.46. The van der Waals surface area contributed by atoms with Crippen LogP contribution in [0, 0.1) is 5.92 Å². The van der Waals surface area contributed by atoms with Crippen LogP contribution in [0.3, 0.4) is 0 Å². The van der Waals surface area contributed by atoms with Gasteiger partial charge >= 0.3 is 0 Å². The Morgan fingerprint density at radius 1 is 1.14 bits per heavy atom. The topological polar surface area (TPSA) is 76.5 Å². The predicted molar refractivity (Wildman–Crippen MR) is 103 cm³/mol. The molecule has 0 radical (unpaired) electrons. The molecule has 2 amide bonds. The van der Waals surface area contributed by atoms with Gasteiger partial charge in [0.15, 0.2) is 6.61 Å². The lowest BCUT2D eigenvalue weighted by atomic mass is 9.84. The van der Waals surface area contributed by atoms with Crippen LogP contribution >= 0.6 is 0 Å². The minimum Gasteiger partial charge on any atom is -0.484 e. The van der Waals surface area contributed by atoms with Crippen molar-refractivity contribution in [2.24, 2.45) is 5.92 Å². The maximum atomic E-state index is 12.6. The molecule has 1 aliphatic carbocycles. The summed E-state index contributed by atoms with van der Waals surface area (Å²) < 4.78 is 7.42. The van der Waals surface area contributed by atoms with E-state index in [1.165, 1.54) is 6.42 Å². The van der Waals surface area contributed by atoms with Crippen molar-refractivity contribution in [2.75, 3.05) is 13.2 Å². The van der Waals surface area contributed by atoms with Crippen molar-refractivity contribution < 1.29 is 14.3 Å². The average Bonchev–Trinajstić information content (AvgIpc) is 2.94. The first-order valence-electron chi connectivity index (χ1n) is 9.98. The number of carbonyl (C=O) groups excluding carboxylic acids is 2. The van der Waals surface area contributed by atoms with Gasteiger partial charge in [-0.3, -0.25) is 14.3 Å². The molecule has 1 aromatic heterocycles. The van der Waals surface area contributed by atoms with E-state index in [0.29, 0.717) is 18.8 Å². The smallest absolute Gasteiger partial charge is 0.258 e. The van der Waals surface area contributed by atoms with Crippen molar-refractivity contribution in [1.82, 2.24) is 20.0 Å². The Hall–Kier alpha value is -2.83. The molecule has 0 saturated heterocycles. The molecule has 1 fully saturated rings. The van der Waals surface area contributed by atoms with Gasteiger partial charge in [-0.25, -0.2) is 0 Å².